The van der Waals surface area contributed by atoms with Crippen molar-refractivity contribution < 1.29 is 19.0 Å². The zero-order valence-electron chi connectivity index (χ0n) is 13.2. The number of likely N-dealkylation sites (tertiary alicyclic amines) is 1. The highest BCUT2D eigenvalue weighted by Crippen LogP contribution is 2.37. The molecule has 1 spiro atoms. The zero-order valence-corrected chi connectivity index (χ0v) is 13.2. The van der Waals surface area contributed by atoms with Gasteiger partial charge in [-0.2, -0.15) is 0 Å². The summed E-state index contributed by atoms with van der Waals surface area (Å²) in [6.45, 7) is 1.98. The molecule has 2 saturated heterocycles. The highest BCUT2D eigenvalue weighted by molar-refractivity contribution is 5.80. The van der Waals surface area contributed by atoms with Gasteiger partial charge in [0.15, 0.2) is 0 Å². The maximum Gasteiger partial charge on any atom is 0.227 e. The lowest BCUT2D eigenvalue weighted by Gasteiger charge is -2.27. The van der Waals surface area contributed by atoms with E-state index in [9.17, 15) is 4.79 Å². The fourth-order valence-corrected chi connectivity index (χ4v) is 3.56. The van der Waals surface area contributed by atoms with Gasteiger partial charge in [-0.25, -0.2) is 0 Å². The average Bonchev–Trinajstić information content (AvgIpc) is 3.16. The topological polar surface area (TPSA) is 48.0 Å². The van der Waals surface area contributed by atoms with Gasteiger partial charge in [0.2, 0.25) is 5.91 Å². The van der Waals surface area contributed by atoms with E-state index < -0.39 is 0 Å². The minimum absolute atomic E-state index is 0.0309. The summed E-state index contributed by atoms with van der Waals surface area (Å²) in [6, 6.07) is 7.65. The Kier molecular flexibility index (Phi) is 4.36. The summed E-state index contributed by atoms with van der Waals surface area (Å²) in [6.07, 6.45) is 2.31. The van der Waals surface area contributed by atoms with Gasteiger partial charge in [-0.1, -0.05) is 18.2 Å². The number of nitrogens with zero attached hydrogens (tertiary/aromatic N) is 1. The fourth-order valence-electron chi connectivity index (χ4n) is 3.56. The molecule has 3 rings (SSSR count). The third-order valence-electron chi connectivity index (χ3n) is 4.74. The Labute approximate surface area is 131 Å². The first kappa shape index (κ1) is 15.3. The van der Waals surface area contributed by atoms with Crippen LogP contribution in [0.4, 0.5) is 0 Å². The number of carbonyl (C=O) groups excluding carboxylic acids is 1. The Morgan fingerprint density at radius 2 is 2.23 bits per heavy atom. The van der Waals surface area contributed by atoms with Gasteiger partial charge < -0.3 is 19.1 Å². The number of carbonyl (C=O) groups is 1. The summed E-state index contributed by atoms with van der Waals surface area (Å²) < 4.78 is 16.8. The second-order valence-corrected chi connectivity index (χ2v) is 6.00. The summed E-state index contributed by atoms with van der Waals surface area (Å²) >= 11 is 0. The van der Waals surface area contributed by atoms with Crippen molar-refractivity contribution in [1.29, 1.82) is 0 Å². The van der Waals surface area contributed by atoms with Gasteiger partial charge in [0.1, 0.15) is 17.5 Å². The third kappa shape index (κ3) is 2.71. The molecule has 0 aromatic heterocycles. The van der Waals surface area contributed by atoms with E-state index in [1.165, 1.54) is 0 Å². The molecule has 2 aliphatic heterocycles. The normalized spacial score (nSPS) is 27.5. The number of hydrogen-bond acceptors (Lipinski definition) is 4. The van der Waals surface area contributed by atoms with Gasteiger partial charge in [0.05, 0.1) is 20.1 Å². The van der Waals surface area contributed by atoms with Crippen LogP contribution in [0.25, 0.3) is 0 Å². The predicted octanol–water partition coefficient (Wildman–Crippen LogP) is 1.64. The molecule has 2 fully saturated rings. The Balaban J connectivity index is 1.71. The first-order chi connectivity index (χ1) is 10.7. The summed E-state index contributed by atoms with van der Waals surface area (Å²) in [7, 11) is 3.32. The number of methoxy groups -OCH3 is 2. The highest BCUT2D eigenvalue weighted by Gasteiger charge is 2.51. The van der Waals surface area contributed by atoms with Crippen molar-refractivity contribution in [3.05, 3.63) is 29.8 Å². The number of ether oxygens (including phenoxy) is 3. The minimum atomic E-state index is -0.300. The summed E-state index contributed by atoms with van der Waals surface area (Å²) in [5.74, 6) is 0.851. The summed E-state index contributed by atoms with van der Waals surface area (Å²) in [5, 5.41) is 0. The monoisotopic (exact) mass is 305 g/mol. The van der Waals surface area contributed by atoms with Gasteiger partial charge in [-0.05, 0) is 18.9 Å². The summed E-state index contributed by atoms with van der Waals surface area (Å²) in [5.41, 5.74) is 0.614. The molecule has 0 aliphatic carbocycles. The lowest BCUT2D eigenvalue weighted by atomic mass is 9.96. The second-order valence-electron chi connectivity index (χ2n) is 6.00. The van der Waals surface area contributed by atoms with Crippen molar-refractivity contribution >= 4 is 5.91 Å². The summed E-state index contributed by atoms with van der Waals surface area (Å²) in [4.78, 5) is 14.5. The van der Waals surface area contributed by atoms with E-state index in [4.69, 9.17) is 14.2 Å². The van der Waals surface area contributed by atoms with Crippen LogP contribution < -0.4 is 4.74 Å². The Morgan fingerprint density at radius 3 is 2.91 bits per heavy atom. The molecular formula is C17H23NO4. The predicted molar refractivity (Wildman–Crippen MR) is 82.0 cm³/mol. The highest BCUT2D eigenvalue weighted by atomic mass is 16.6. The van der Waals surface area contributed by atoms with Crippen molar-refractivity contribution in [3.63, 3.8) is 0 Å². The first-order valence-corrected chi connectivity index (χ1v) is 7.75. The number of benzene rings is 1. The maximum absolute atomic E-state index is 12.6. The van der Waals surface area contributed by atoms with Crippen molar-refractivity contribution in [2.24, 2.45) is 0 Å². The smallest absolute Gasteiger partial charge is 0.227 e. The molecule has 5 nitrogen and oxygen atoms in total. The third-order valence-corrected chi connectivity index (χ3v) is 4.74. The molecule has 1 aromatic rings. The van der Waals surface area contributed by atoms with E-state index in [2.05, 4.69) is 0 Å². The SMILES string of the molecule is COc1ccccc1CC(=O)N1C[C@H](OC)[C@]2(CCCO2)C1. The lowest BCUT2D eigenvalue weighted by Crippen LogP contribution is -2.42. The fraction of sp³-hybridized carbons (Fsp3) is 0.588. The van der Waals surface area contributed by atoms with E-state index in [1.807, 2.05) is 29.2 Å². The van der Waals surface area contributed by atoms with Crippen molar-refractivity contribution in [3.8, 4) is 5.75 Å². The van der Waals surface area contributed by atoms with Crippen molar-refractivity contribution in [2.45, 2.75) is 31.0 Å². The van der Waals surface area contributed by atoms with Crippen LogP contribution in [-0.2, 0) is 20.7 Å². The molecule has 0 unspecified atom stereocenters. The number of para-hydroxylation sites is 1. The van der Waals surface area contributed by atoms with Crippen LogP contribution in [0.2, 0.25) is 0 Å². The van der Waals surface area contributed by atoms with Gasteiger partial charge in [-0.3, -0.25) is 4.79 Å². The van der Waals surface area contributed by atoms with Crippen molar-refractivity contribution in [2.75, 3.05) is 33.9 Å². The van der Waals surface area contributed by atoms with E-state index in [0.717, 1.165) is 30.8 Å². The average molecular weight is 305 g/mol. The molecule has 0 radical (unpaired) electrons. The molecule has 0 bridgehead atoms. The van der Waals surface area contributed by atoms with E-state index >= 15 is 0 Å². The molecule has 0 saturated carbocycles. The number of amides is 1. The molecular weight excluding hydrogens is 282 g/mol. The molecule has 1 amide bonds. The molecule has 2 atom stereocenters. The standard InChI is InChI=1S/C17H23NO4/c1-20-14-7-4-3-6-13(14)10-16(19)18-11-15(21-2)17(12-18)8-5-9-22-17/h3-4,6-7,15H,5,8-12H2,1-2H3/t15-,17-/m0/s1. The zero-order chi connectivity index (χ0) is 15.6. The Bertz CT molecular complexity index is 539. The molecule has 1 aromatic carbocycles. The lowest BCUT2D eigenvalue weighted by molar-refractivity contribution is -0.130. The van der Waals surface area contributed by atoms with Gasteiger partial charge in [-0.15, -0.1) is 0 Å². The quantitative estimate of drug-likeness (QED) is 0.848. The molecule has 0 N–H and O–H groups in total. The Morgan fingerprint density at radius 1 is 1.41 bits per heavy atom. The van der Waals surface area contributed by atoms with Crippen LogP contribution in [0.3, 0.4) is 0 Å². The van der Waals surface area contributed by atoms with Crippen LogP contribution in [-0.4, -0.2) is 56.4 Å². The van der Waals surface area contributed by atoms with Crippen LogP contribution in [0.5, 0.6) is 5.75 Å². The van der Waals surface area contributed by atoms with Gasteiger partial charge in [0.25, 0.3) is 0 Å². The molecule has 2 heterocycles. The first-order valence-electron chi connectivity index (χ1n) is 7.75. The van der Waals surface area contributed by atoms with E-state index in [-0.39, 0.29) is 17.6 Å². The maximum atomic E-state index is 12.6. The van der Waals surface area contributed by atoms with Crippen LogP contribution in [0.1, 0.15) is 18.4 Å². The van der Waals surface area contributed by atoms with Crippen LogP contribution in [0, 0.1) is 0 Å². The van der Waals surface area contributed by atoms with Crippen LogP contribution in [0.15, 0.2) is 24.3 Å². The second kappa shape index (κ2) is 6.26. The molecule has 22 heavy (non-hydrogen) atoms. The minimum Gasteiger partial charge on any atom is -0.496 e. The largest absolute Gasteiger partial charge is 0.496 e. The molecule has 2 aliphatic rings. The van der Waals surface area contributed by atoms with Crippen LogP contribution >= 0.6 is 0 Å². The number of rotatable bonds is 4. The van der Waals surface area contributed by atoms with E-state index in [1.54, 1.807) is 14.2 Å². The van der Waals surface area contributed by atoms with Gasteiger partial charge in [0, 0.05) is 25.8 Å². The molecule has 120 valence electrons. The Hall–Kier alpha value is -1.59. The van der Waals surface area contributed by atoms with Gasteiger partial charge >= 0.3 is 0 Å². The number of hydrogen-bond donors (Lipinski definition) is 0. The van der Waals surface area contributed by atoms with E-state index in [0.29, 0.717) is 19.5 Å². The van der Waals surface area contributed by atoms with Crippen molar-refractivity contribution in [1.82, 2.24) is 4.90 Å². The molecule has 5 heteroatoms.